The van der Waals surface area contributed by atoms with Gasteiger partial charge in [0.25, 0.3) is 0 Å². The van der Waals surface area contributed by atoms with Crippen LogP contribution in [-0.2, 0) is 9.53 Å². The highest BCUT2D eigenvalue weighted by molar-refractivity contribution is 6.03. The van der Waals surface area contributed by atoms with E-state index in [-0.39, 0.29) is 11.8 Å². The summed E-state index contributed by atoms with van der Waals surface area (Å²) in [6, 6.07) is 8.63. The predicted molar refractivity (Wildman–Crippen MR) is 98.4 cm³/mol. The van der Waals surface area contributed by atoms with E-state index in [4.69, 9.17) is 4.74 Å². The average Bonchev–Trinajstić information content (AvgIpc) is 2.51. The molecule has 0 aliphatic heterocycles. The molecule has 0 radical (unpaired) electrons. The fourth-order valence-corrected chi connectivity index (χ4v) is 2.39. The van der Waals surface area contributed by atoms with Gasteiger partial charge < -0.3 is 15.4 Å². The molecular formula is C19H25N3O3. The van der Waals surface area contributed by atoms with Crippen LogP contribution in [0.2, 0.25) is 0 Å². The molecule has 6 heteroatoms. The van der Waals surface area contributed by atoms with Crippen LogP contribution in [0.1, 0.15) is 34.6 Å². The Labute approximate surface area is 148 Å². The molecular weight excluding hydrogens is 318 g/mol. The summed E-state index contributed by atoms with van der Waals surface area (Å²) in [4.78, 5) is 29.0. The van der Waals surface area contributed by atoms with Gasteiger partial charge in [-0.15, -0.1) is 0 Å². The van der Waals surface area contributed by atoms with Crippen LogP contribution >= 0.6 is 0 Å². The van der Waals surface area contributed by atoms with Crippen molar-refractivity contribution in [2.75, 3.05) is 5.32 Å². The van der Waals surface area contributed by atoms with E-state index < -0.39 is 17.7 Å². The molecule has 0 spiro atoms. The molecule has 0 fully saturated rings. The Kier molecular flexibility index (Phi) is 5.62. The number of nitrogens with one attached hydrogen (secondary N) is 2. The van der Waals surface area contributed by atoms with Gasteiger partial charge in [0.05, 0.1) is 11.2 Å². The van der Waals surface area contributed by atoms with Crippen molar-refractivity contribution >= 4 is 28.6 Å². The molecule has 0 aliphatic rings. The van der Waals surface area contributed by atoms with Gasteiger partial charge in [-0.2, -0.15) is 0 Å². The van der Waals surface area contributed by atoms with E-state index in [0.717, 1.165) is 5.39 Å². The molecule has 25 heavy (non-hydrogen) atoms. The van der Waals surface area contributed by atoms with Gasteiger partial charge in [-0.1, -0.05) is 32.0 Å². The lowest BCUT2D eigenvalue weighted by Crippen LogP contribution is -2.48. The summed E-state index contributed by atoms with van der Waals surface area (Å²) >= 11 is 0. The Balaban J connectivity index is 2.16. The first-order valence-corrected chi connectivity index (χ1v) is 8.31. The second-order valence-electron chi connectivity index (χ2n) is 7.24. The van der Waals surface area contributed by atoms with E-state index in [1.54, 1.807) is 33.0 Å². The van der Waals surface area contributed by atoms with Gasteiger partial charge in [0.1, 0.15) is 11.6 Å². The number of pyridine rings is 1. The highest BCUT2D eigenvalue weighted by Crippen LogP contribution is 2.21. The number of alkyl carbamates (subject to hydrolysis) is 1. The van der Waals surface area contributed by atoms with Gasteiger partial charge in [0.2, 0.25) is 5.91 Å². The predicted octanol–water partition coefficient (Wildman–Crippen LogP) is 3.72. The number of amides is 2. The second kappa shape index (κ2) is 7.51. The zero-order chi connectivity index (χ0) is 18.6. The van der Waals surface area contributed by atoms with Crippen molar-refractivity contribution in [2.45, 2.75) is 46.3 Å². The van der Waals surface area contributed by atoms with Crippen molar-refractivity contribution < 1.29 is 14.3 Å². The van der Waals surface area contributed by atoms with Gasteiger partial charge >= 0.3 is 6.09 Å². The summed E-state index contributed by atoms with van der Waals surface area (Å²) in [5, 5.41) is 6.44. The lowest BCUT2D eigenvalue weighted by molar-refractivity contribution is -0.119. The molecule has 2 N–H and O–H groups in total. The topological polar surface area (TPSA) is 80.3 Å². The van der Waals surface area contributed by atoms with Crippen molar-refractivity contribution in [3.8, 4) is 0 Å². The number of fused-ring (bicyclic) bond motifs is 1. The number of anilines is 1. The minimum absolute atomic E-state index is 0.101. The summed E-state index contributed by atoms with van der Waals surface area (Å²) in [7, 11) is 0. The number of hydrogen-bond acceptors (Lipinski definition) is 4. The van der Waals surface area contributed by atoms with Crippen LogP contribution in [0.4, 0.5) is 10.5 Å². The maximum atomic E-state index is 12.7. The van der Waals surface area contributed by atoms with Gasteiger partial charge in [-0.05, 0) is 38.8 Å². The van der Waals surface area contributed by atoms with E-state index in [2.05, 4.69) is 15.6 Å². The number of para-hydroxylation sites is 1. The summed E-state index contributed by atoms with van der Waals surface area (Å²) < 4.78 is 5.25. The number of nitrogens with zero attached hydrogens (tertiary/aromatic N) is 1. The van der Waals surface area contributed by atoms with Crippen LogP contribution in [-0.4, -0.2) is 28.6 Å². The highest BCUT2D eigenvalue weighted by atomic mass is 16.6. The third kappa shape index (κ3) is 5.17. The third-order valence-electron chi connectivity index (χ3n) is 3.51. The van der Waals surface area contributed by atoms with Crippen LogP contribution in [0, 0.1) is 5.92 Å². The second-order valence-corrected chi connectivity index (χ2v) is 7.24. The molecule has 134 valence electrons. The molecule has 1 heterocycles. The molecule has 6 nitrogen and oxygen atoms in total. The minimum atomic E-state index is -0.714. The van der Waals surface area contributed by atoms with Crippen molar-refractivity contribution in [1.82, 2.24) is 10.3 Å². The Hall–Kier alpha value is -2.63. The fourth-order valence-electron chi connectivity index (χ4n) is 2.39. The zero-order valence-corrected chi connectivity index (χ0v) is 15.3. The molecule has 2 amide bonds. The van der Waals surface area contributed by atoms with E-state index >= 15 is 0 Å². The number of hydrogen-bond donors (Lipinski definition) is 2. The van der Waals surface area contributed by atoms with Crippen LogP contribution < -0.4 is 10.6 Å². The summed E-state index contributed by atoms with van der Waals surface area (Å²) in [5.41, 5.74) is 0.694. The number of rotatable bonds is 4. The van der Waals surface area contributed by atoms with Crippen LogP contribution in [0.5, 0.6) is 0 Å². The summed E-state index contributed by atoms with van der Waals surface area (Å²) in [5.74, 6) is -0.408. The largest absolute Gasteiger partial charge is 0.444 e. The molecule has 1 aromatic carbocycles. The highest BCUT2D eigenvalue weighted by Gasteiger charge is 2.27. The smallest absolute Gasteiger partial charge is 0.408 e. The molecule has 0 saturated carbocycles. The van der Waals surface area contributed by atoms with E-state index in [1.807, 2.05) is 38.1 Å². The minimum Gasteiger partial charge on any atom is -0.444 e. The maximum Gasteiger partial charge on any atom is 0.408 e. The molecule has 1 aromatic heterocycles. The molecule has 1 atom stereocenters. The third-order valence-corrected chi connectivity index (χ3v) is 3.51. The maximum absolute atomic E-state index is 12.7. The van der Waals surface area contributed by atoms with Gasteiger partial charge in [-0.3, -0.25) is 9.78 Å². The molecule has 0 unspecified atom stereocenters. The van der Waals surface area contributed by atoms with Crippen LogP contribution in [0.3, 0.4) is 0 Å². The van der Waals surface area contributed by atoms with Gasteiger partial charge in [0, 0.05) is 11.6 Å². The number of ether oxygens (including phenoxy) is 1. The number of aromatic nitrogens is 1. The molecule has 2 rings (SSSR count). The standard InChI is InChI=1S/C19H25N3O3/c1-12(2)15(22-18(24)25-19(3,4)5)17(23)21-14-10-6-8-13-9-7-11-20-16(13)14/h6-12,15H,1-5H3,(H,21,23)(H,22,24)/t15-/m0/s1. The lowest BCUT2D eigenvalue weighted by atomic mass is 10.0. The SMILES string of the molecule is CC(C)[C@H](NC(=O)OC(C)(C)C)C(=O)Nc1cccc2cccnc12. The first-order valence-electron chi connectivity index (χ1n) is 8.31. The first-order chi connectivity index (χ1) is 11.7. The normalized spacial score (nSPS) is 12.7. The Morgan fingerprint density at radius 3 is 2.44 bits per heavy atom. The summed E-state index contributed by atoms with van der Waals surface area (Å²) in [6.07, 6.45) is 1.06. The van der Waals surface area contributed by atoms with Crippen LogP contribution in [0.15, 0.2) is 36.5 Å². The Morgan fingerprint density at radius 2 is 1.80 bits per heavy atom. The number of carbonyl (C=O) groups is 2. The Bertz CT molecular complexity index is 761. The Morgan fingerprint density at radius 1 is 1.12 bits per heavy atom. The van der Waals surface area contributed by atoms with Gasteiger partial charge in [0.15, 0.2) is 0 Å². The molecule has 0 bridgehead atoms. The zero-order valence-electron chi connectivity index (χ0n) is 15.3. The average molecular weight is 343 g/mol. The lowest BCUT2D eigenvalue weighted by Gasteiger charge is -2.25. The van der Waals surface area contributed by atoms with Crippen molar-refractivity contribution in [3.05, 3.63) is 36.5 Å². The first kappa shape index (κ1) is 18.7. The van der Waals surface area contributed by atoms with Gasteiger partial charge in [-0.25, -0.2) is 4.79 Å². The van der Waals surface area contributed by atoms with Crippen LogP contribution in [0.25, 0.3) is 10.9 Å². The number of benzene rings is 1. The van der Waals surface area contributed by atoms with Crippen molar-refractivity contribution in [3.63, 3.8) is 0 Å². The number of carbonyl (C=O) groups excluding carboxylic acids is 2. The molecule has 0 aliphatic carbocycles. The van der Waals surface area contributed by atoms with E-state index in [0.29, 0.717) is 11.2 Å². The van der Waals surface area contributed by atoms with Crippen molar-refractivity contribution in [2.24, 2.45) is 5.92 Å². The fraction of sp³-hybridized carbons (Fsp3) is 0.421. The van der Waals surface area contributed by atoms with E-state index in [9.17, 15) is 9.59 Å². The molecule has 2 aromatic rings. The summed E-state index contributed by atoms with van der Waals surface area (Å²) in [6.45, 7) is 9.06. The van der Waals surface area contributed by atoms with Crippen molar-refractivity contribution in [1.29, 1.82) is 0 Å². The van der Waals surface area contributed by atoms with E-state index in [1.165, 1.54) is 0 Å². The monoisotopic (exact) mass is 343 g/mol. The molecule has 0 saturated heterocycles. The quantitative estimate of drug-likeness (QED) is 0.886.